The molecule has 21 heavy (non-hydrogen) atoms. The van der Waals surface area contributed by atoms with E-state index in [0.717, 1.165) is 0 Å². The summed E-state index contributed by atoms with van der Waals surface area (Å²) in [6, 6.07) is 4.97. The van der Waals surface area contributed by atoms with Crippen LogP contribution in [0.25, 0.3) is 0 Å². The third-order valence-corrected chi connectivity index (χ3v) is 5.57. The molecule has 0 aliphatic carbocycles. The predicted molar refractivity (Wildman–Crippen MR) is 82.9 cm³/mol. The molecule has 2 N–H and O–H groups in total. The van der Waals surface area contributed by atoms with Crippen molar-refractivity contribution >= 4 is 26.0 Å². The number of hydrogen-bond acceptors (Lipinski definition) is 5. The minimum Gasteiger partial charge on any atom is -0.492 e. The normalized spacial score (nSPS) is 20.4. The van der Waals surface area contributed by atoms with E-state index >= 15 is 0 Å². The van der Waals surface area contributed by atoms with Gasteiger partial charge >= 0.3 is 0 Å². The van der Waals surface area contributed by atoms with Gasteiger partial charge in [0, 0.05) is 24.1 Å². The summed E-state index contributed by atoms with van der Waals surface area (Å²) in [4.78, 5) is 0.163. The molecule has 0 radical (unpaired) electrons. The number of nitrogens with two attached hydrogens (primary N) is 1. The molecule has 1 fully saturated rings. The second-order valence-electron chi connectivity index (χ2n) is 4.62. The largest absolute Gasteiger partial charge is 0.492 e. The molecule has 1 unspecified atom stereocenters. The quantitative estimate of drug-likeness (QED) is 0.832. The minimum absolute atomic E-state index is 0.163. The Morgan fingerprint density at radius 3 is 2.95 bits per heavy atom. The molecule has 0 bridgehead atoms. The molecule has 0 saturated carbocycles. The number of benzene rings is 1. The van der Waals surface area contributed by atoms with E-state index in [2.05, 4.69) is 15.9 Å². The molecule has 1 atom stereocenters. The van der Waals surface area contributed by atoms with Crippen LogP contribution in [0.2, 0.25) is 0 Å². The van der Waals surface area contributed by atoms with E-state index in [1.165, 1.54) is 4.31 Å². The van der Waals surface area contributed by atoms with E-state index in [1.54, 1.807) is 18.2 Å². The van der Waals surface area contributed by atoms with E-state index in [1.807, 2.05) is 6.92 Å². The van der Waals surface area contributed by atoms with E-state index in [-0.39, 0.29) is 17.5 Å². The van der Waals surface area contributed by atoms with Crippen molar-refractivity contribution in [3.63, 3.8) is 0 Å². The second kappa shape index (κ2) is 7.06. The highest BCUT2D eigenvalue weighted by Crippen LogP contribution is 2.30. The lowest BCUT2D eigenvalue weighted by Gasteiger charge is -2.31. The van der Waals surface area contributed by atoms with Crippen molar-refractivity contribution in [1.29, 1.82) is 0 Å². The SMILES string of the molecule is CCOc1ccc(Br)cc1S(=O)(=O)N1CCOC(CN)C1. The number of nitrogens with zero attached hydrogens (tertiary/aromatic N) is 1. The smallest absolute Gasteiger partial charge is 0.246 e. The molecule has 1 heterocycles. The fourth-order valence-electron chi connectivity index (χ4n) is 2.15. The van der Waals surface area contributed by atoms with Crippen molar-refractivity contribution in [1.82, 2.24) is 4.31 Å². The topological polar surface area (TPSA) is 81.9 Å². The minimum atomic E-state index is -3.64. The Morgan fingerprint density at radius 2 is 2.29 bits per heavy atom. The van der Waals surface area contributed by atoms with Crippen molar-refractivity contribution in [2.24, 2.45) is 5.73 Å². The van der Waals surface area contributed by atoms with Gasteiger partial charge in [-0.15, -0.1) is 0 Å². The zero-order valence-electron chi connectivity index (χ0n) is 11.8. The summed E-state index contributed by atoms with van der Waals surface area (Å²) in [5.74, 6) is 0.358. The summed E-state index contributed by atoms with van der Waals surface area (Å²) in [6.45, 7) is 3.44. The summed E-state index contributed by atoms with van der Waals surface area (Å²) in [5, 5.41) is 0. The lowest BCUT2D eigenvalue weighted by atomic mass is 10.3. The van der Waals surface area contributed by atoms with Gasteiger partial charge in [0.25, 0.3) is 0 Å². The zero-order valence-corrected chi connectivity index (χ0v) is 14.2. The first-order valence-electron chi connectivity index (χ1n) is 6.73. The highest BCUT2D eigenvalue weighted by molar-refractivity contribution is 9.10. The van der Waals surface area contributed by atoms with Gasteiger partial charge in [-0.25, -0.2) is 8.42 Å². The van der Waals surface area contributed by atoms with Crippen LogP contribution in [0.5, 0.6) is 5.75 Å². The van der Waals surface area contributed by atoms with Gasteiger partial charge in [0.2, 0.25) is 10.0 Å². The molecule has 0 amide bonds. The molecule has 1 aliphatic heterocycles. The Kier molecular flexibility index (Phi) is 5.61. The average molecular weight is 379 g/mol. The van der Waals surface area contributed by atoms with Gasteiger partial charge < -0.3 is 15.2 Å². The van der Waals surface area contributed by atoms with Gasteiger partial charge in [-0.2, -0.15) is 4.31 Å². The van der Waals surface area contributed by atoms with Crippen LogP contribution in [-0.4, -0.2) is 51.7 Å². The van der Waals surface area contributed by atoms with Crippen LogP contribution in [0.1, 0.15) is 6.92 Å². The van der Waals surface area contributed by atoms with E-state index in [4.69, 9.17) is 15.2 Å². The van der Waals surface area contributed by atoms with Crippen LogP contribution in [0.15, 0.2) is 27.6 Å². The Bertz CT molecular complexity index is 594. The van der Waals surface area contributed by atoms with Crippen LogP contribution in [0, 0.1) is 0 Å². The van der Waals surface area contributed by atoms with Gasteiger partial charge in [0.15, 0.2) is 0 Å². The van der Waals surface area contributed by atoms with Crippen molar-refractivity contribution in [2.45, 2.75) is 17.9 Å². The van der Waals surface area contributed by atoms with E-state index in [0.29, 0.717) is 36.5 Å². The maximum atomic E-state index is 12.8. The predicted octanol–water partition coefficient (Wildman–Crippen LogP) is 1.20. The lowest BCUT2D eigenvalue weighted by molar-refractivity contribution is 0.00446. The van der Waals surface area contributed by atoms with Gasteiger partial charge in [0.05, 0.1) is 19.3 Å². The molecule has 0 spiro atoms. The van der Waals surface area contributed by atoms with Gasteiger partial charge in [-0.3, -0.25) is 0 Å². The summed E-state index contributed by atoms with van der Waals surface area (Å²) < 4.78 is 38.6. The Morgan fingerprint density at radius 1 is 1.52 bits per heavy atom. The number of ether oxygens (including phenoxy) is 2. The first kappa shape index (κ1) is 16.7. The molecule has 2 rings (SSSR count). The lowest BCUT2D eigenvalue weighted by Crippen LogP contribution is -2.48. The molecular formula is C13H19BrN2O4S. The molecule has 1 aliphatic rings. The van der Waals surface area contributed by atoms with Gasteiger partial charge in [-0.1, -0.05) is 15.9 Å². The summed E-state index contributed by atoms with van der Waals surface area (Å²) in [5.41, 5.74) is 5.57. The zero-order chi connectivity index (χ0) is 15.5. The fraction of sp³-hybridized carbons (Fsp3) is 0.538. The van der Waals surface area contributed by atoms with Crippen LogP contribution in [0.4, 0.5) is 0 Å². The molecule has 6 nitrogen and oxygen atoms in total. The van der Waals surface area contributed by atoms with E-state index < -0.39 is 10.0 Å². The monoisotopic (exact) mass is 378 g/mol. The number of sulfonamides is 1. The van der Waals surface area contributed by atoms with Gasteiger partial charge in [-0.05, 0) is 25.1 Å². The fourth-order valence-corrected chi connectivity index (χ4v) is 4.28. The third-order valence-electron chi connectivity index (χ3n) is 3.19. The van der Waals surface area contributed by atoms with Crippen LogP contribution in [0.3, 0.4) is 0 Å². The number of morpholine rings is 1. The van der Waals surface area contributed by atoms with Gasteiger partial charge in [0.1, 0.15) is 10.6 Å². The Balaban J connectivity index is 2.36. The summed E-state index contributed by atoms with van der Waals surface area (Å²) in [7, 11) is -3.64. The standard InChI is InChI=1S/C13H19BrN2O4S/c1-2-19-12-4-3-10(14)7-13(12)21(17,18)16-5-6-20-11(8-15)9-16/h3-4,7,11H,2,5-6,8-9,15H2,1H3. The summed E-state index contributed by atoms with van der Waals surface area (Å²) in [6.07, 6.45) is -0.267. The third kappa shape index (κ3) is 3.75. The Labute approximate surface area is 133 Å². The molecular weight excluding hydrogens is 360 g/mol. The first-order chi connectivity index (χ1) is 9.98. The molecule has 1 aromatic carbocycles. The maximum Gasteiger partial charge on any atom is 0.246 e. The van der Waals surface area contributed by atoms with Crippen molar-refractivity contribution in [2.75, 3.05) is 32.8 Å². The molecule has 0 aromatic heterocycles. The highest BCUT2D eigenvalue weighted by atomic mass is 79.9. The van der Waals surface area contributed by atoms with E-state index in [9.17, 15) is 8.42 Å². The molecule has 118 valence electrons. The Hall–Kier alpha value is -0.670. The molecule has 8 heteroatoms. The maximum absolute atomic E-state index is 12.8. The number of halogens is 1. The highest BCUT2D eigenvalue weighted by Gasteiger charge is 2.32. The number of rotatable bonds is 5. The molecule has 1 aromatic rings. The van der Waals surface area contributed by atoms with Crippen LogP contribution in [-0.2, 0) is 14.8 Å². The van der Waals surface area contributed by atoms with Crippen molar-refractivity contribution in [3.8, 4) is 5.75 Å². The summed E-state index contributed by atoms with van der Waals surface area (Å²) >= 11 is 3.31. The van der Waals surface area contributed by atoms with Crippen LogP contribution >= 0.6 is 15.9 Å². The van der Waals surface area contributed by atoms with Crippen molar-refractivity contribution < 1.29 is 17.9 Å². The van der Waals surface area contributed by atoms with Crippen molar-refractivity contribution in [3.05, 3.63) is 22.7 Å². The molecule has 1 saturated heterocycles. The number of hydrogen-bond donors (Lipinski definition) is 1. The first-order valence-corrected chi connectivity index (χ1v) is 8.96. The second-order valence-corrected chi connectivity index (χ2v) is 7.44. The average Bonchev–Trinajstić information content (AvgIpc) is 2.49. The van der Waals surface area contributed by atoms with Crippen LogP contribution < -0.4 is 10.5 Å².